The van der Waals surface area contributed by atoms with E-state index in [2.05, 4.69) is 6.07 Å². The predicted octanol–water partition coefficient (Wildman–Crippen LogP) is 3.66. The fourth-order valence-electron chi connectivity index (χ4n) is 2.24. The van der Waals surface area contributed by atoms with Crippen LogP contribution in [0.5, 0.6) is 0 Å². The lowest BCUT2D eigenvalue weighted by Crippen LogP contribution is -1.94. The number of fused-ring (bicyclic) bond motifs is 3. The van der Waals surface area contributed by atoms with E-state index in [0.29, 0.717) is 0 Å². The van der Waals surface area contributed by atoms with Crippen molar-refractivity contribution in [3.8, 4) is 0 Å². The second kappa shape index (κ2) is 3.70. The van der Waals surface area contributed by atoms with Crippen molar-refractivity contribution in [2.45, 2.75) is 6.92 Å². The highest BCUT2D eigenvalue weighted by Gasteiger charge is 2.01. The third-order valence-electron chi connectivity index (χ3n) is 3.11. The van der Waals surface area contributed by atoms with Gasteiger partial charge in [0.15, 0.2) is 5.43 Å². The van der Waals surface area contributed by atoms with E-state index in [1.54, 1.807) is 6.07 Å². The topological polar surface area (TPSA) is 17.1 Å². The van der Waals surface area contributed by atoms with Crippen LogP contribution in [0, 0.1) is 6.92 Å². The minimum absolute atomic E-state index is 0.0832. The molecule has 0 spiro atoms. The Hall–Kier alpha value is -2.15. The van der Waals surface area contributed by atoms with Gasteiger partial charge in [0, 0.05) is 5.39 Å². The van der Waals surface area contributed by atoms with Crippen molar-refractivity contribution in [2.75, 3.05) is 0 Å². The summed E-state index contributed by atoms with van der Waals surface area (Å²) in [4.78, 5) is 12.0. The van der Waals surface area contributed by atoms with E-state index in [0.717, 1.165) is 27.1 Å². The molecule has 0 bridgehead atoms. The SMILES string of the molecule is Cc1ccc2c(c1)c(=O)ccc1ccccc12. The van der Waals surface area contributed by atoms with Crippen LogP contribution in [0.25, 0.3) is 21.5 Å². The fraction of sp³-hybridized carbons (Fsp3) is 0.0625. The molecule has 0 amide bonds. The zero-order valence-corrected chi connectivity index (χ0v) is 9.60. The Morgan fingerprint density at radius 2 is 1.59 bits per heavy atom. The van der Waals surface area contributed by atoms with Gasteiger partial charge in [-0.25, -0.2) is 0 Å². The van der Waals surface area contributed by atoms with Crippen molar-refractivity contribution < 1.29 is 0 Å². The first-order valence-corrected chi connectivity index (χ1v) is 5.68. The maximum absolute atomic E-state index is 12.0. The van der Waals surface area contributed by atoms with Gasteiger partial charge in [-0.2, -0.15) is 0 Å². The first-order valence-electron chi connectivity index (χ1n) is 5.68. The molecule has 0 aromatic heterocycles. The van der Waals surface area contributed by atoms with E-state index in [9.17, 15) is 4.79 Å². The normalized spacial score (nSPS) is 10.9. The van der Waals surface area contributed by atoms with Crippen LogP contribution in [0.15, 0.2) is 59.4 Å². The van der Waals surface area contributed by atoms with Crippen LogP contribution in [0.3, 0.4) is 0 Å². The van der Waals surface area contributed by atoms with E-state index in [4.69, 9.17) is 0 Å². The van der Waals surface area contributed by atoms with Gasteiger partial charge >= 0.3 is 0 Å². The highest BCUT2D eigenvalue weighted by Crippen LogP contribution is 2.22. The van der Waals surface area contributed by atoms with Crippen LogP contribution in [0.2, 0.25) is 0 Å². The molecule has 0 aliphatic rings. The standard InChI is InChI=1S/C16H12O/c1-11-6-8-14-13-5-3-2-4-12(13)7-9-16(17)15(14)10-11/h2-10H,1H3. The van der Waals surface area contributed by atoms with E-state index in [-0.39, 0.29) is 5.43 Å². The molecule has 0 aliphatic heterocycles. The van der Waals surface area contributed by atoms with Crippen LogP contribution in [-0.4, -0.2) is 0 Å². The van der Waals surface area contributed by atoms with Crippen molar-refractivity contribution in [3.05, 3.63) is 70.4 Å². The molecule has 0 unspecified atom stereocenters. The molecule has 3 aromatic carbocycles. The smallest absolute Gasteiger partial charge is 0.186 e. The number of benzene rings is 2. The Morgan fingerprint density at radius 3 is 2.47 bits per heavy atom. The Balaban J connectivity index is 2.69. The largest absolute Gasteiger partial charge is 0.289 e. The lowest BCUT2D eigenvalue weighted by Gasteiger charge is -1.98. The third kappa shape index (κ3) is 1.60. The van der Waals surface area contributed by atoms with E-state index in [1.165, 1.54) is 0 Å². The monoisotopic (exact) mass is 220 g/mol. The molecular weight excluding hydrogens is 208 g/mol. The molecule has 0 fully saturated rings. The molecule has 3 aromatic rings. The van der Waals surface area contributed by atoms with Gasteiger partial charge in [-0.3, -0.25) is 4.79 Å². The molecular formula is C16H12O. The summed E-state index contributed by atoms with van der Waals surface area (Å²) in [5.41, 5.74) is 1.20. The number of hydrogen-bond acceptors (Lipinski definition) is 1. The molecule has 0 saturated carbocycles. The maximum Gasteiger partial charge on any atom is 0.186 e. The minimum atomic E-state index is 0.0832. The minimum Gasteiger partial charge on any atom is -0.289 e. The molecule has 0 aliphatic carbocycles. The second-order valence-electron chi connectivity index (χ2n) is 4.33. The lowest BCUT2D eigenvalue weighted by molar-refractivity contribution is 1.50. The molecule has 0 N–H and O–H groups in total. The second-order valence-corrected chi connectivity index (χ2v) is 4.33. The van der Waals surface area contributed by atoms with Crippen LogP contribution in [0.1, 0.15) is 5.56 Å². The highest BCUT2D eigenvalue weighted by atomic mass is 16.1. The van der Waals surface area contributed by atoms with Gasteiger partial charge in [-0.1, -0.05) is 48.0 Å². The molecule has 0 saturated heterocycles. The van der Waals surface area contributed by atoms with Gasteiger partial charge in [0.25, 0.3) is 0 Å². The molecule has 0 heterocycles. The van der Waals surface area contributed by atoms with Crippen molar-refractivity contribution in [1.29, 1.82) is 0 Å². The number of hydrogen-bond donors (Lipinski definition) is 0. The van der Waals surface area contributed by atoms with Gasteiger partial charge in [-0.05, 0) is 35.2 Å². The molecule has 1 nitrogen and oxygen atoms in total. The maximum atomic E-state index is 12.0. The van der Waals surface area contributed by atoms with Crippen molar-refractivity contribution in [2.24, 2.45) is 0 Å². The molecule has 0 atom stereocenters. The Morgan fingerprint density at radius 1 is 0.765 bits per heavy atom. The van der Waals surface area contributed by atoms with E-state index < -0.39 is 0 Å². The summed E-state index contributed by atoms with van der Waals surface area (Å²) in [5.74, 6) is 0. The zero-order valence-electron chi connectivity index (χ0n) is 9.60. The third-order valence-corrected chi connectivity index (χ3v) is 3.11. The van der Waals surface area contributed by atoms with Crippen molar-refractivity contribution in [1.82, 2.24) is 0 Å². The molecule has 17 heavy (non-hydrogen) atoms. The van der Waals surface area contributed by atoms with Crippen LogP contribution in [0.4, 0.5) is 0 Å². The average molecular weight is 220 g/mol. The summed E-state index contributed by atoms with van der Waals surface area (Å²) < 4.78 is 0. The van der Waals surface area contributed by atoms with Gasteiger partial charge in [0.1, 0.15) is 0 Å². The van der Waals surface area contributed by atoms with Gasteiger partial charge in [0.05, 0.1) is 0 Å². The van der Waals surface area contributed by atoms with Gasteiger partial charge in [0.2, 0.25) is 0 Å². The van der Waals surface area contributed by atoms with Crippen LogP contribution >= 0.6 is 0 Å². The first-order chi connectivity index (χ1) is 8.25. The van der Waals surface area contributed by atoms with Crippen LogP contribution in [-0.2, 0) is 0 Å². The lowest BCUT2D eigenvalue weighted by atomic mass is 10.1. The quantitative estimate of drug-likeness (QED) is 0.565. The Labute approximate surface area is 99.3 Å². The molecule has 1 heteroatoms. The Kier molecular flexibility index (Phi) is 2.19. The van der Waals surface area contributed by atoms with Gasteiger partial charge < -0.3 is 0 Å². The average Bonchev–Trinajstić information content (AvgIpc) is 2.48. The van der Waals surface area contributed by atoms with E-state index in [1.807, 2.05) is 49.4 Å². The fourth-order valence-corrected chi connectivity index (χ4v) is 2.24. The summed E-state index contributed by atoms with van der Waals surface area (Å²) in [6.07, 6.45) is 0. The Bertz CT molecular complexity index is 772. The number of rotatable bonds is 0. The van der Waals surface area contributed by atoms with Crippen molar-refractivity contribution in [3.63, 3.8) is 0 Å². The zero-order chi connectivity index (χ0) is 11.8. The number of aryl methyl sites for hydroxylation is 1. The summed E-state index contributed by atoms with van der Waals surface area (Å²) in [5, 5.41) is 4.06. The molecule has 3 rings (SSSR count). The van der Waals surface area contributed by atoms with Gasteiger partial charge in [-0.15, -0.1) is 0 Å². The van der Waals surface area contributed by atoms with Crippen LogP contribution < -0.4 is 5.43 Å². The molecule has 82 valence electrons. The first kappa shape index (κ1) is 10.0. The van der Waals surface area contributed by atoms with Crippen molar-refractivity contribution >= 4 is 21.5 Å². The van der Waals surface area contributed by atoms with E-state index >= 15 is 0 Å². The predicted molar refractivity (Wildman–Crippen MR) is 72.5 cm³/mol. The summed E-state index contributed by atoms with van der Waals surface area (Å²) >= 11 is 0. The summed E-state index contributed by atoms with van der Waals surface area (Å²) in [6.45, 7) is 2.01. The summed E-state index contributed by atoms with van der Waals surface area (Å²) in [7, 11) is 0. The summed E-state index contributed by atoms with van der Waals surface area (Å²) in [6, 6.07) is 17.7. The highest BCUT2D eigenvalue weighted by molar-refractivity contribution is 6.05. The molecule has 0 radical (unpaired) electrons.